The molecule has 18 heavy (non-hydrogen) atoms. The average Bonchev–Trinajstić information content (AvgIpc) is 2.32. The Kier molecular flexibility index (Phi) is 4.42. The molecule has 2 rings (SSSR count). The first-order valence-electron chi connectivity index (χ1n) is 4.80. The van der Waals surface area contributed by atoms with Crippen LogP contribution in [0.3, 0.4) is 0 Å². The second-order valence-corrected chi connectivity index (χ2v) is 5.27. The summed E-state index contributed by atoms with van der Waals surface area (Å²) in [6, 6.07) is 5.93. The normalized spacial score (nSPS) is 10.4. The largest absolute Gasteiger partial charge is 0.436 e. The van der Waals surface area contributed by atoms with Gasteiger partial charge in [-0.3, -0.25) is 0 Å². The number of nitrogens with zero attached hydrogens (tertiary/aromatic N) is 2. The standard InChI is InChI=1S/C11H7BrClFN2OS/c1-18-11-15-9(13)5-10(16-11)17-8-3-2-6(12)4-7(8)14/h2-5H,1H3. The number of benzene rings is 1. The maximum absolute atomic E-state index is 13.6. The Morgan fingerprint density at radius 2 is 2.11 bits per heavy atom. The smallest absolute Gasteiger partial charge is 0.224 e. The Labute approximate surface area is 121 Å². The maximum atomic E-state index is 13.6. The molecule has 94 valence electrons. The van der Waals surface area contributed by atoms with E-state index in [1.54, 1.807) is 6.07 Å². The average molecular weight is 350 g/mol. The van der Waals surface area contributed by atoms with E-state index in [0.717, 1.165) is 0 Å². The lowest BCUT2D eigenvalue weighted by atomic mass is 10.3. The molecule has 1 heterocycles. The summed E-state index contributed by atoms with van der Waals surface area (Å²) in [5, 5.41) is 0.719. The highest BCUT2D eigenvalue weighted by Gasteiger charge is 2.08. The molecular weight excluding hydrogens is 343 g/mol. The van der Waals surface area contributed by atoms with Gasteiger partial charge in [0.25, 0.3) is 0 Å². The fourth-order valence-electron chi connectivity index (χ4n) is 1.19. The maximum Gasteiger partial charge on any atom is 0.224 e. The molecule has 0 saturated heterocycles. The van der Waals surface area contributed by atoms with Crippen molar-refractivity contribution in [2.75, 3.05) is 6.26 Å². The molecule has 0 aliphatic rings. The van der Waals surface area contributed by atoms with Crippen molar-refractivity contribution in [1.82, 2.24) is 9.97 Å². The van der Waals surface area contributed by atoms with E-state index in [9.17, 15) is 4.39 Å². The zero-order chi connectivity index (χ0) is 13.1. The molecule has 0 bridgehead atoms. The molecule has 0 fully saturated rings. The summed E-state index contributed by atoms with van der Waals surface area (Å²) in [4.78, 5) is 8.04. The number of hydrogen-bond donors (Lipinski definition) is 0. The first-order valence-corrected chi connectivity index (χ1v) is 7.19. The lowest BCUT2D eigenvalue weighted by Crippen LogP contribution is -1.94. The fraction of sp³-hybridized carbons (Fsp3) is 0.0909. The van der Waals surface area contributed by atoms with Gasteiger partial charge in [-0.2, -0.15) is 4.98 Å². The van der Waals surface area contributed by atoms with E-state index in [1.807, 2.05) is 6.26 Å². The fourth-order valence-corrected chi connectivity index (χ4v) is 2.12. The first kappa shape index (κ1) is 13.6. The topological polar surface area (TPSA) is 35.0 Å². The summed E-state index contributed by atoms with van der Waals surface area (Å²) in [7, 11) is 0. The Hall–Kier alpha value is -0.850. The molecule has 7 heteroatoms. The van der Waals surface area contributed by atoms with Gasteiger partial charge in [0.1, 0.15) is 5.15 Å². The number of hydrogen-bond acceptors (Lipinski definition) is 4. The molecule has 0 spiro atoms. The Bertz CT molecular complexity index is 585. The number of halogens is 3. The molecular formula is C11H7BrClFN2OS. The van der Waals surface area contributed by atoms with Gasteiger partial charge in [-0.05, 0) is 24.5 Å². The van der Waals surface area contributed by atoms with Gasteiger partial charge in [0.05, 0.1) is 0 Å². The van der Waals surface area contributed by atoms with Gasteiger partial charge < -0.3 is 4.74 Å². The molecule has 0 radical (unpaired) electrons. The molecule has 3 nitrogen and oxygen atoms in total. The van der Waals surface area contributed by atoms with Gasteiger partial charge >= 0.3 is 0 Å². The minimum absolute atomic E-state index is 0.0834. The third kappa shape index (κ3) is 3.34. The van der Waals surface area contributed by atoms with Crippen molar-refractivity contribution in [2.45, 2.75) is 5.16 Å². The molecule has 0 N–H and O–H groups in total. The Morgan fingerprint density at radius 3 is 2.78 bits per heavy atom. The van der Waals surface area contributed by atoms with Gasteiger partial charge in [-0.25, -0.2) is 9.37 Å². The second-order valence-electron chi connectivity index (χ2n) is 3.19. The second kappa shape index (κ2) is 5.86. The van der Waals surface area contributed by atoms with Crippen molar-refractivity contribution in [1.29, 1.82) is 0 Å². The van der Waals surface area contributed by atoms with E-state index < -0.39 is 5.82 Å². The molecule has 1 aromatic heterocycles. The lowest BCUT2D eigenvalue weighted by Gasteiger charge is -2.07. The van der Waals surface area contributed by atoms with Crippen LogP contribution in [-0.4, -0.2) is 16.2 Å². The highest BCUT2D eigenvalue weighted by Crippen LogP contribution is 2.27. The van der Waals surface area contributed by atoms with Crippen LogP contribution in [0.1, 0.15) is 0 Å². The number of rotatable bonds is 3. The van der Waals surface area contributed by atoms with Crippen molar-refractivity contribution >= 4 is 39.3 Å². The number of thioether (sulfide) groups is 1. The van der Waals surface area contributed by atoms with E-state index in [-0.39, 0.29) is 16.8 Å². The summed E-state index contributed by atoms with van der Waals surface area (Å²) in [6.45, 7) is 0. The Balaban J connectivity index is 2.30. The minimum Gasteiger partial charge on any atom is -0.436 e. The van der Waals surface area contributed by atoms with Gasteiger partial charge in [-0.1, -0.05) is 39.3 Å². The molecule has 0 saturated carbocycles. The van der Waals surface area contributed by atoms with Crippen LogP contribution in [0.15, 0.2) is 33.9 Å². The third-order valence-corrected chi connectivity index (χ3v) is 3.18. The quantitative estimate of drug-likeness (QED) is 0.463. The summed E-state index contributed by atoms with van der Waals surface area (Å²) in [6.07, 6.45) is 1.82. The van der Waals surface area contributed by atoms with Crippen molar-refractivity contribution in [3.8, 4) is 11.6 Å². The van der Waals surface area contributed by atoms with E-state index in [0.29, 0.717) is 9.63 Å². The van der Waals surface area contributed by atoms with Gasteiger partial charge in [0.2, 0.25) is 5.88 Å². The van der Waals surface area contributed by atoms with Crippen LogP contribution in [0, 0.1) is 5.82 Å². The van der Waals surface area contributed by atoms with Crippen LogP contribution in [-0.2, 0) is 0 Å². The van der Waals surface area contributed by atoms with Crippen molar-refractivity contribution in [3.05, 3.63) is 39.7 Å². The molecule has 0 amide bonds. The SMILES string of the molecule is CSc1nc(Cl)cc(Oc2ccc(Br)cc2F)n1. The highest BCUT2D eigenvalue weighted by atomic mass is 79.9. The van der Waals surface area contributed by atoms with E-state index in [1.165, 1.54) is 30.0 Å². The molecule has 0 aliphatic carbocycles. The van der Waals surface area contributed by atoms with E-state index in [2.05, 4.69) is 25.9 Å². The van der Waals surface area contributed by atoms with Crippen LogP contribution in [0.4, 0.5) is 4.39 Å². The van der Waals surface area contributed by atoms with Crippen molar-refractivity contribution < 1.29 is 9.13 Å². The molecule has 0 atom stereocenters. The monoisotopic (exact) mass is 348 g/mol. The summed E-state index contributed by atoms with van der Waals surface area (Å²) in [5.74, 6) is -0.189. The molecule has 1 aromatic carbocycles. The van der Waals surface area contributed by atoms with E-state index in [4.69, 9.17) is 16.3 Å². The molecule has 0 aliphatic heterocycles. The summed E-state index contributed by atoms with van der Waals surface area (Å²) < 4.78 is 19.6. The van der Waals surface area contributed by atoms with Gasteiger partial charge in [-0.15, -0.1) is 0 Å². The zero-order valence-corrected chi connectivity index (χ0v) is 12.3. The lowest BCUT2D eigenvalue weighted by molar-refractivity contribution is 0.422. The summed E-state index contributed by atoms with van der Waals surface area (Å²) >= 11 is 10.3. The predicted molar refractivity (Wildman–Crippen MR) is 73.0 cm³/mol. The van der Waals surface area contributed by atoms with Crippen molar-refractivity contribution in [2.24, 2.45) is 0 Å². The molecule has 2 aromatic rings. The van der Waals surface area contributed by atoms with Crippen LogP contribution < -0.4 is 4.74 Å². The van der Waals surface area contributed by atoms with Gasteiger partial charge in [0, 0.05) is 10.5 Å². The van der Waals surface area contributed by atoms with Crippen LogP contribution >= 0.6 is 39.3 Å². The zero-order valence-electron chi connectivity index (χ0n) is 9.15. The third-order valence-electron chi connectivity index (χ3n) is 1.94. The van der Waals surface area contributed by atoms with Gasteiger partial charge in [0.15, 0.2) is 16.7 Å². The first-order chi connectivity index (χ1) is 8.58. The Morgan fingerprint density at radius 1 is 1.33 bits per heavy atom. The number of ether oxygens (including phenoxy) is 1. The summed E-state index contributed by atoms with van der Waals surface area (Å²) in [5.41, 5.74) is 0. The number of aromatic nitrogens is 2. The molecule has 0 unspecified atom stereocenters. The van der Waals surface area contributed by atoms with Crippen molar-refractivity contribution in [3.63, 3.8) is 0 Å². The van der Waals surface area contributed by atoms with Crippen LogP contribution in [0.5, 0.6) is 11.6 Å². The van der Waals surface area contributed by atoms with Crippen LogP contribution in [0.25, 0.3) is 0 Å². The van der Waals surface area contributed by atoms with E-state index >= 15 is 0 Å². The minimum atomic E-state index is -0.482. The highest BCUT2D eigenvalue weighted by molar-refractivity contribution is 9.10. The predicted octanol–water partition coefficient (Wildman–Crippen LogP) is 4.55. The van der Waals surface area contributed by atoms with Crippen LogP contribution in [0.2, 0.25) is 5.15 Å².